The van der Waals surface area contributed by atoms with Crippen molar-refractivity contribution in [2.24, 2.45) is 11.3 Å². The summed E-state index contributed by atoms with van der Waals surface area (Å²) in [6, 6.07) is 17.6. The van der Waals surface area contributed by atoms with Crippen LogP contribution in [0.5, 0.6) is 5.75 Å². The van der Waals surface area contributed by atoms with Gasteiger partial charge in [0.2, 0.25) is 11.8 Å². The van der Waals surface area contributed by atoms with Gasteiger partial charge in [0.15, 0.2) is 9.84 Å². The Kier molecular flexibility index (Phi) is 17.2. The average molecular weight is 1160 g/mol. The van der Waals surface area contributed by atoms with Gasteiger partial charge in [0.1, 0.15) is 35.7 Å². The molecular formula is C62H77N9O11S. The highest BCUT2D eigenvalue weighted by atomic mass is 32.2. The van der Waals surface area contributed by atoms with Crippen molar-refractivity contribution in [2.45, 2.75) is 123 Å². The van der Waals surface area contributed by atoms with Gasteiger partial charge in [0.05, 0.1) is 53.9 Å². The number of likely N-dealkylation sites (N-methyl/N-ethyl adjacent to an activating group) is 1. The molecule has 3 saturated heterocycles. The number of anilines is 1. The first-order valence-corrected chi connectivity index (χ1v) is 30.6. The Morgan fingerprint density at radius 2 is 1.72 bits per heavy atom. The van der Waals surface area contributed by atoms with Crippen LogP contribution in [0, 0.1) is 11.3 Å². The first-order valence-electron chi connectivity index (χ1n) is 28.8. The molecular weight excluding hydrogens is 1080 g/mol. The Bertz CT molecular complexity index is 3510. The molecule has 4 aliphatic rings. The van der Waals surface area contributed by atoms with Crippen molar-refractivity contribution in [1.29, 1.82) is 0 Å². The first kappa shape index (κ1) is 59.0. The summed E-state index contributed by atoms with van der Waals surface area (Å²) in [6.45, 7) is 14.2. The zero-order chi connectivity index (χ0) is 59.1. The second-order valence-corrected chi connectivity index (χ2v) is 26.1. The molecule has 3 fully saturated rings. The Balaban J connectivity index is 1.03. The van der Waals surface area contributed by atoms with E-state index < -0.39 is 63.4 Å². The van der Waals surface area contributed by atoms with Crippen molar-refractivity contribution in [3.05, 3.63) is 107 Å². The van der Waals surface area contributed by atoms with Gasteiger partial charge in [-0.2, -0.15) is 0 Å². The van der Waals surface area contributed by atoms with Gasteiger partial charge < -0.3 is 44.3 Å². The van der Waals surface area contributed by atoms with E-state index in [1.807, 2.05) is 69.9 Å². The van der Waals surface area contributed by atoms with Crippen molar-refractivity contribution in [2.75, 3.05) is 64.2 Å². The first-order chi connectivity index (χ1) is 39.6. The zero-order valence-electron chi connectivity index (χ0n) is 48.6. The number of nitrogen functional groups attached to an aromatic ring is 1. The third-order valence-electron chi connectivity index (χ3n) is 16.7. The smallest absolute Gasteiger partial charge is 0.324 e. The number of hydrazine groups is 1. The monoisotopic (exact) mass is 1160 g/mol. The number of carbonyl (C=O) groups is 4. The summed E-state index contributed by atoms with van der Waals surface area (Å²) in [6.07, 6.45) is 3.98. The van der Waals surface area contributed by atoms with E-state index in [0.717, 1.165) is 38.9 Å². The number of oxazole rings is 1. The number of carbonyl (C=O) groups excluding carboxylic acids is 4. The van der Waals surface area contributed by atoms with Crippen LogP contribution in [0.1, 0.15) is 101 Å². The maximum Gasteiger partial charge on any atom is 0.324 e. The summed E-state index contributed by atoms with van der Waals surface area (Å²) in [4.78, 5) is 71.7. The number of pyridine rings is 1. The highest BCUT2D eigenvalue weighted by Crippen LogP contribution is 2.44. The van der Waals surface area contributed by atoms with E-state index in [1.54, 1.807) is 50.8 Å². The van der Waals surface area contributed by atoms with Gasteiger partial charge >= 0.3 is 5.97 Å². The number of benzene rings is 3. The third kappa shape index (κ3) is 12.7. The Labute approximate surface area is 484 Å². The van der Waals surface area contributed by atoms with Crippen LogP contribution < -0.4 is 16.5 Å². The predicted molar refractivity (Wildman–Crippen MR) is 314 cm³/mol. The molecule has 0 spiro atoms. The van der Waals surface area contributed by atoms with Crippen LogP contribution >= 0.6 is 0 Å². The highest BCUT2D eigenvalue weighted by Gasteiger charge is 2.43. The molecule has 10 rings (SSSR count). The van der Waals surface area contributed by atoms with E-state index in [-0.39, 0.29) is 54.6 Å². The van der Waals surface area contributed by atoms with Crippen LogP contribution in [-0.4, -0.2) is 149 Å². The molecule has 0 unspecified atom stereocenters. The Morgan fingerprint density at radius 3 is 2.45 bits per heavy atom. The van der Waals surface area contributed by atoms with Gasteiger partial charge in [0.25, 0.3) is 11.8 Å². The molecule has 21 heteroatoms. The van der Waals surface area contributed by atoms with E-state index >= 15 is 0 Å². The maximum atomic E-state index is 15.0. The molecule has 0 aliphatic carbocycles. The van der Waals surface area contributed by atoms with Gasteiger partial charge in [-0.25, -0.2) is 18.8 Å². The number of sulfone groups is 1. The number of fused-ring (bicyclic) bond motifs is 6. The molecule has 6 aromatic rings. The van der Waals surface area contributed by atoms with Crippen LogP contribution in [0.4, 0.5) is 5.69 Å². The topological polar surface area (TPSA) is 254 Å². The number of phenolic OH excluding ortho intramolecular Hbond substituents is 1. The molecule has 442 valence electrons. The summed E-state index contributed by atoms with van der Waals surface area (Å²) in [5, 5.41) is 16.9. The Morgan fingerprint density at radius 1 is 0.964 bits per heavy atom. The summed E-state index contributed by atoms with van der Waals surface area (Å²) >= 11 is 0. The Hall–Kier alpha value is -7.17. The molecule has 7 heterocycles. The second-order valence-electron chi connectivity index (χ2n) is 23.8. The van der Waals surface area contributed by atoms with Crippen molar-refractivity contribution >= 4 is 50.1 Å². The van der Waals surface area contributed by atoms with Gasteiger partial charge in [-0.05, 0) is 116 Å². The number of nitrogens with one attached hydrogen (secondary N) is 2. The number of cyclic esters (lactones) is 1. The number of aromatic hydroxyl groups is 1. The van der Waals surface area contributed by atoms with Gasteiger partial charge in [0, 0.05) is 93.0 Å². The minimum absolute atomic E-state index is 0.0294. The fraction of sp³-hybridized carbons (Fsp3) is 0.484. The number of aryl methyl sites for hydroxylation is 1. The van der Waals surface area contributed by atoms with Crippen LogP contribution in [0.3, 0.4) is 0 Å². The fourth-order valence-electron chi connectivity index (χ4n) is 12.3. The molecule has 6 bridgehead atoms. The van der Waals surface area contributed by atoms with E-state index in [2.05, 4.69) is 39.4 Å². The molecule has 3 aromatic carbocycles. The van der Waals surface area contributed by atoms with Gasteiger partial charge in [-0.15, -0.1) is 0 Å². The van der Waals surface area contributed by atoms with Crippen LogP contribution in [-0.2, 0) is 69.2 Å². The molecule has 5 N–H and O–H groups in total. The molecule has 83 heavy (non-hydrogen) atoms. The molecule has 0 radical (unpaired) electrons. The van der Waals surface area contributed by atoms with E-state index in [0.29, 0.717) is 98.2 Å². The number of phenols is 1. The highest BCUT2D eigenvalue weighted by molar-refractivity contribution is 7.91. The summed E-state index contributed by atoms with van der Waals surface area (Å²) in [5.74, 6) is -1.47. The largest absolute Gasteiger partial charge is 0.508 e. The quantitative estimate of drug-likeness (QED) is 0.0672. The molecule has 3 amide bonds. The lowest BCUT2D eigenvalue weighted by atomic mass is 9.84. The molecule has 20 nitrogen and oxygen atoms in total. The van der Waals surface area contributed by atoms with Gasteiger partial charge in [-0.3, -0.25) is 34.1 Å². The number of methoxy groups -OCH3 is 1. The predicted octanol–water partition coefficient (Wildman–Crippen LogP) is 6.97. The number of aromatic nitrogens is 3. The number of hydrogen-bond donors (Lipinski definition) is 4. The minimum atomic E-state index is -3.06. The number of rotatable bonds is 13. The number of esters is 1. The fourth-order valence-corrected chi connectivity index (χ4v) is 13.6. The minimum Gasteiger partial charge on any atom is -0.508 e. The molecule has 6 atom stereocenters. The molecule has 0 saturated carbocycles. The van der Waals surface area contributed by atoms with Crippen LogP contribution in [0.25, 0.3) is 44.7 Å². The number of nitrogens with two attached hydrogens (primary N) is 1. The van der Waals surface area contributed by atoms with Crippen molar-refractivity contribution < 1.29 is 51.3 Å². The van der Waals surface area contributed by atoms with Crippen LogP contribution in [0.15, 0.2) is 83.5 Å². The van der Waals surface area contributed by atoms with E-state index in [9.17, 15) is 32.7 Å². The lowest BCUT2D eigenvalue weighted by Gasteiger charge is -2.37. The van der Waals surface area contributed by atoms with Crippen molar-refractivity contribution in [1.82, 2.24) is 40.1 Å². The number of amides is 3. The lowest BCUT2D eigenvalue weighted by molar-refractivity contribution is -0.155. The summed E-state index contributed by atoms with van der Waals surface area (Å²) in [7, 11) is 0.169. The van der Waals surface area contributed by atoms with E-state index in [4.69, 9.17) is 29.3 Å². The number of ether oxygens (including phenoxy) is 3. The summed E-state index contributed by atoms with van der Waals surface area (Å²) in [5.41, 5.74) is 16.8. The van der Waals surface area contributed by atoms with Crippen molar-refractivity contribution in [3.63, 3.8) is 0 Å². The number of nitrogens with zero attached hydrogens (tertiary/aromatic N) is 6. The zero-order valence-corrected chi connectivity index (χ0v) is 49.5. The second kappa shape index (κ2) is 24.2. The lowest BCUT2D eigenvalue weighted by Crippen LogP contribution is -2.62. The third-order valence-corrected chi connectivity index (χ3v) is 18.4. The van der Waals surface area contributed by atoms with Gasteiger partial charge in [-0.1, -0.05) is 52.0 Å². The van der Waals surface area contributed by atoms with Crippen molar-refractivity contribution in [3.8, 4) is 39.6 Å². The van der Waals surface area contributed by atoms with E-state index in [1.165, 1.54) is 9.91 Å². The SMILES string of the molecule is CCn1c(-c2cc(-c3ncc(CN4CCS(=O)(=O)CC4)o3)cnc2[C@H](C)OC)c2c3cc(ccc31)-c1cc(O)cc(c1)C[C@H](NC(=O)[C@H](C(C)C)N(C)C(=O)[C@@H]1OCC[C@@H]1c1ccc(N)cc1)C(=O)N1CCC[C@H](N1)C(=O)OCC(C)(C)C2. The average Bonchev–Trinajstić information content (AvgIpc) is 3.28. The molecule has 3 aromatic heterocycles. The number of hydrogen-bond acceptors (Lipinski definition) is 16. The molecule has 4 aliphatic heterocycles. The van der Waals surface area contributed by atoms with Crippen LogP contribution in [0.2, 0.25) is 0 Å². The maximum absolute atomic E-state index is 15.0. The summed E-state index contributed by atoms with van der Waals surface area (Å²) < 4.78 is 51.2. The normalized spacial score (nSPS) is 22.0. The standard InChI is InChI=1S/C62H77N9O11S/c1-9-70-52-17-14-40-29-47(52)49(55(70)48-30-42(32-64-53(48)37(4)79-8)58-65-33-45(82-58)34-69-20-23-83(77,78)24-21-69)31-62(5,6)35-81-61(76)50-11-10-19-71(67-50)59(74)51(27-38-25-41(40)28-44(72)26-38)66-57(73)54(36(2)3)68(7)60(75)56-46(18-22-80-56)39-12-15-43(63)16-13-39/h12-17,25-26,28-30,32-33,36-37,46,50-51,54,56,67,72H,9-11,18-24,27,31,34-35,63H2,1-8H3,(H,66,73)/t37-,46+,50-,51-,54-,56+/m0/s1.